The highest BCUT2D eigenvalue weighted by Gasteiger charge is 2.65. The summed E-state index contributed by atoms with van der Waals surface area (Å²) in [6, 6.07) is 41.5. The van der Waals surface area contributed by atoms with Crippen molar-refractivity contribution in [2.24, 2.45) is 5.92 Å². The van der Waals surface area contributed by atoms with Crippen LogP contribution in [0.5, 0.6) is 0 Å². The summed E-state index contributed by atoms with van der Waals surface area (Å²) in [5.41, 5.74) is 6.18. The van der Waals surface area contributed by atoms with Gasteiger partial charge in [-0.2, -0.15) is 0 Å². The van der Waals surface area contributed by atoms with E-state index >= 15 is 0 Å². The molecule has 10 heteroatoms. The molecule has 280 valence electrons. The van der Waals surface area contributed by atoms with Gasteiger partial charge in [0.05, 0.1) is 42.3 Å². The zero-order valence-corrected chi connectivity index (χ0v) is 33.0. The number of rotatable bonds is 10. The van der Waals surface area contributed by atoms with Gasteiger partial charge >= 0.3 is 11.9 Å². The van der Waals surface area contributed by atoms with E-state index < -0.39 is 23.5 Å². The van der Waals surface area contributed by atoms with Crippen LogP contribution in [0.15, 0.2) is 150 Å². The van der Waals surface area contributed by atoms with Crippen LogP contribution in [-0.2, 0) is 38.6 Å². The molecule has 2 aliphatic heterocycles. The van der Waals surface area contributed by atoms with Crippen molar-refractivity contribution in [3.63, 3.8) is 0 Å². The van der Waals surface area contributed by atoms with Gasteiger partial charge in [-0.1, -0.05) is 102 Å². The number of ether oxygens (including phenoxy) is 2. The predicted molar refractivity (Wildman–Crippen MR) is 221 cm³/mol. The molecule has 1 saturated heterocycles. The third kappa shape index (κ3) is 7.32. The largest absolute Gasteiger partial charge is 0.466 e. The fourth-order valence-electron chi connectivity index (χ4n) is 7.93. The molecule has 0 radical (unpaired) electrons. The Kier molecular flexibility index (Phi) is 11.3. The summed E-state index contributed by atoms with van der Waals surface area (Å²) in [6.07, 6.45) is 2.04. The summed E-state index contributed by atoms with van der Waals surface area (Å²) < 4.78 is 11.2. The molecule has 5 aromatic carbocycles. The molecule has 0 aromatic heterocycles. The summed E-state index contributed by atoms with van der Waals surface area (Å²) >= 11 is 19.3. The van der Waals surface area contributed by atoms with Crippen LogP contribution < -0.4 is 14.7 Å². The molecule has 55 heavy (non-hydrogen) atoms. The Morgan fingerprint density at radius 3 is 1.67 bits per heavy atom. The van der Waals surface area contributed by atoms with Crippen LogP contribution in [0.25, 0.3) is 0 Å². The van der Waals surface area contributed by atoms with E-state index in [1.807, 2.05) is 115 Å². The molecule has 5 aromatic rings. The fraction of sp³-hybridized carbons (Fsp3) is 0.200. The fourth-order valence-corrected chi connectivity index (χ4v) is 8.31. The standard InChI is InChI=1S/C45H40Cl3N3O4/c1-4-55-44(53)30(2)43-45(38(26-31-10-6-5-7-11-31)41(27-42(52)54-3)51(43)37-24-22-36(48)23-25-37)49(28-32-14-18-34(46)19-15-32)39-12-8-9-13-40(39)50(45)29-33-16-20-35(47)21-17-33/h5-25,27,38H,4,26,28-29H2,1-3H3/b41-27+,43-30?. The van der Waals surface area contributed by atoms with Crippen LogP contribution in [0.2, 0.25) is 15.1 Å². The van der Waals surface area contributed by atoms with Crippen LogP contribution >= 0.6 is 34.8 Å². The third-order valence-electron chi connectivity index (χ3n) is 10.2. The first-order chi connectivity index (χ1) is 26.6. The molecular weight excluding hydrogens is 753 g/mol. The van der Waals surface area contributed by atoms with E-state index in [2.05, 4.69) is 34.1 Å². The van der Waals surface area contributed by atoms with E-state index in [4.69, 9.17) is 44.3 Å². The lowest BCUT2D eigenvalue weighted by atomic mass is 9.82. The zero-order valence-electron chi connectivity index (χ0n) is 30.7. The van der Waals surface area contributed by atoms with Gasteiger partial charge in [-0.15, -0.1) is 0 Å². The molecule has 1 fully saturated rings. The topological polar surface area (TPSA) is 62.3 Å². The average molecular weight is 793 g/mol. The average Bonchev–Trinajstić information content (AvgIpc) is 3.61. The normalized spacial score (nSPS) is 17.5. The lowest BCUT2D eigenvalue weighted by Gasteiger charge is -2.48. The molecule has 2 heterocycles. The highest BCUT2D eigenvalue weighted by Crippen LogP contribution is 2.61. The van der Waals surface area contributed by atoms with Gasteiger partial charge < -0.3 is 24.2 Å². The number of esters is 2. The second-order valence-electron chi connectivity index (χ2n) is 13.5. The van der Waals surface area contributed by atoms with E-state index in [-0.39, 0.29) is 6.61 Å². The maximum Gasteiger partial charge on any atom is 0.335 e. The molecule has 7 nitrogen and oxygen atoms in total. The Bertz CT molecular complexity index is 2170. The Morgan fingerprint density at radius 1 is 0.691 bits per heavy atom. The molecule has 0 bridgehead atoms. The van der Waals surface area contributed by atoms with Crippen LogP contribution in [-0.4, -0.2) is 31.3 Å². The van der Waals surface area contributed by atoms with Gasteiger partial charge in [-0.3, -0.25) is 0 Å². The minimum absolute atomic E-state index is 0.179. The molecule has 2 aliphatic rings. The van der Waals surface area contributed by atoms with E-state index in [0.717, 1.165) is 28.1 Å². The Balaban J connectivity index is 1.64. The smallest absolute Gasteiger partial charge is 0.335 e. The molecule has 0 N–H and O–H groups in total. The molecule has 1 unspecified atom stereocenters. The molecule has 1 spiro atoms. The molecule has 0 aliphatic carbocycles. The third-order valence-corrected chi connectivity index (χ3v) is 11.0. The summed E-state index contributed by atoms with van der Waals surface area (Å²) in [5, 5.41) is 1.80. The van der Waals surface area contributed by atoms with Crippen molar-refractivity contribution in [2.75, 3.05) is 28.4 Å². The minimum Gasteiger partial charge on any atom is -0.466 e. The van der Waals surface area contributed by atoms with Gasteiger partial charge in [-0.05, 0) is 97.6 Å². The Hall–Kier alpha value is -5.21. The number of hydrogen-bond acceptors (Lipinski definition) is 7. The second-order valence-corrected chi connectivity index (χ2v) is 14.8. The quantitative estimate of drug-likeness (QED) is 0.103. The summed E-state index contributed by atoms with van der Waals surface area (Å²) in [5.74, 6) is -1.49. The highest BCUT2D eigenvalue weighted by atomic mass is 35.5. The van der Waals surface area contributed by atoms with E-state index in [9.17, 15) is 9.59 Å². The van der Waals surface area contributed by atoms with Gasteiger partial charge in [0, 0.05) is 45.6 Å². The molecule has 0 saturated carbocycles. The van der Waals surface area contributed by atoms with Gasteiger partial charge in [0.15, 0.2) is 5.66 Å². The number of nitrogens with zero attached hydrogens (tertiary/aromatic N) is 3. The van der Waals surface area contributed by atoms with E-state index in [1.165, 1.54) is 7.11 Å². The van der Waals surface area contributed by atoms with Crippen LogP contribution in [0.3, 0.4) is 0 Å². The number of hydrogen-bond donors (Lipinski definition) is 0. The minimum atomic E-state index is -1.16. The van der Waals surface area contributed by atoms with Crippen LogP contribution in [0.4, 0.5) is 17.1 Å². The SMILES string of the molecule is CCOC(=O)C(C)=C1N(c2ccc(Cl)cc2)/C(=C/C(=O)OC)C(Cc2ccccc2)C12N(Cc1ccc(Cl)cc1)c1ccccc1N2Cc1ccc(Cl)cc1. The first-order valence-electron chi connectivity index (χ1n) is 18.1. The lowest BCUT2D eigenvalue weighted by Crippen LogP contribution is -2.62. The zero-order chi connectivity index (χ0) is 38.7. The summed E-state index contributed by atoms with van der Waals surface area (Å²) in [4.78, 5) is 34.7. The van der Waals surface area contributed by atoms with Crippen molar-refractivity contribution in [1.82, 2.24) is 0 Å². The van der Waals surface area contributed by atoms with Crippen molar-refractivity contribution in [3.8, 4) is 0 Å². The number of carbonyl (C=O) groups is 2. The molecule has 7 rings (SSSR count). The van der Waals surface area contributed by atoms with Gasteiger partial charge in [0.2, 0.25) is 0 Å². The number of halogens is 3. The van der Waals surface area contributed by atoms with Crippen molar-refractivity contribution in [1.29, 1.82) is 0 Å². The Labute approximate surface area is 336 Å². The predicted octanol–water partition coefficient (Wildman–Crippen LogP) is 10.6. The number of benzene rings is 5. The number of carbonyl (C=O) groups excluding carboxylic acids is 2. The highest BCUT2D eigenvalue weighted by molar-refractivity contribution is 6.31. The molecule has 0 amide bonds. The first-order valence-corrected chi connectivity index (χ1v) is 19.2. The second kappa shape index (κ2) is 16.3. The van der Waals surface area contributed by atoms with Gasteiger partial charge in [0.1, 0.15) is 0 Å². The van der Waals surface area contributed by atoms with Gasteiger partial charge in [-0.25, -0.2) is 9.59 Å². The maximum atomic E-state index is 14.3. The number of methoxy groups -OCH3 is 1. The maximum absolute atomic E-state index is 14.3. The lowest BCUT2D eigenvalue weighted by molar-refractivity contribution is -0.138. The summed E-state index contributed by atoms with van der Waals surface area (Å²) in [6.45, 7) is 4.64. The number of fused-ring (bicyclic) bond motifs is 1. The number of anilines is 3. The molecule has 1 atom stereocenters. The molecular formula is C45H40Cl3N3O4. The summed E-state index contributed by atoms with van der Waals surface area (Å²) in [7, 11) is 1.37. The van der Waals surface area contributed by atoms with Gasteiger partial charge in [0.25, 0.3) is 0 Å². The monoisotopic (exact) mass is 791 g/mol. The van der Waals surface area contributed by atoms with Crippen LogP contribution in [0.1, 0.15) is 30.5 Å². The first kappa shape index (κ1) is 38.1. The van der Waals surface area contributed by atoms with E-state index in [1.54, 1.807) is 13.0 Å². The van der Waals surface area contributed by atoms with E-state index in [0.29, 0.717) is 57.2 Å². The van der Waals surface area contributed by atoms with Crippen molar-refractivity contribution < 1.29 is 19.1 Å². The van der Waals surface area contributed by atoms with Crippen molar-refractivity contribution in [2.45, 2.75) is 39.0 Å². The van der Waals surface area contributed by atoms with Crippen LogP contribution in [0, 0.1) is 5.92 Å². The van der Waals surface area contributed by atoms with Crippen molar-refractivity contribution in [3.05, 3.63) is 182 Å². The number of para-hydroxylation sites is 2. The Morgan fingerprint density at radius 2 is 1.18 bits per heavy atom. The van der Waals surface area contributed by atoms with Crippen molar-refractivity contribution >= 4 is 63.8 Å².